The first kappa shape index (κ1) is 11.2. The normalized spacial score (nSPS) is 12.5. The molecule has 0 N–H and O–H groups in total. The number of halogens is 2. The van der Waals surface area contributed by atoms with Crippen LogP contribution < -0.4 is 0 Å². The van der Waals surface area contributed by atoms with Gasteiger partial charge in [-0.05, 0) is 18.6 Å². The van der Waals surface area contributed by atoms with Crippen LogP contribution in [-0.2, 0) is 0 Å². The van der Waals surface area contributed by atoms with Crippen molar-refractivity contribution < 1.29 is 8.78 Å². The molecule has 0 rings (SSSR count). The largest absolute Gasteiger partial charge is 0.293 e. The third-order valence-electron chi connectivity index (χ3n) is 1.55. The molecule has 0 aromatic rings. The average Bonchev–Trinajstić information content (AvgIpc) is 1.87. The molecule has 0 amide bonds. The minimum atomic E-state index is -2.51. The molecule has 3 heteroatoms. The molecule has 0 radical (unpaired) electrons. The Balaban J connectivity index is 3.38. The predicted molar refractivity (Wildman–Crippen MR) is 47.2 cm³/mol. The zero-order valence-corrected chi connectivity index (χ0v) is 8.18. The number of hydrogen-bond donors (Lipinski definition) is 0. The van der Waals surface area contributed by atoms with Gasteiger partial charge in [0.05, 0.1) is 0 Å². The lowest BCUT2D eigenvalue weighted by Crippen LogP contribution is -2.09. The molecule has 0 saturated carbocycles. The topological polar surface area (TPSA) is 0 Å². The van der Waals surface area contributed by atoms with Crippen LogP contribution >= 0.6 is 11.8 Å². The van der Waals surface area contributed by atoms with Crippen molar-refractivity contribution >= 4 is 11.8 Å². The highest BCUT2D eigenvalue weighted by atomic mass is 32.2. The first-order valence-corrected chi connectivity index (χ1v) is 5.13. The molecule has 68 valence electrons. The minimum absolute atomic E-state index is 0.0202. The molecule has 0 aromatic carbocycles. The number of rotatable bonds is 5. The predicted octanol–water partition coefficient (Wildman–Crippen LogP) is 3.77. The van der Waals surface area contributed by atoms with Crippen LogP contribution in [-0.4, -0.2) is 11.5 Å². The Kier molecular flexibility index (Phi) is 5.06. The van der Waals surface area contributed by atoms with Crippen LogP contribution in [0.25, 0.3) is 0 Å². The lowest BCUT2D eigenvalue weighted by atomic mass is 10.1. The Bertz CT molecular complexity index is 102. The number of thioether (sulfide) groups is 1. The molecule has 0 aliphatic heterocycles. The van der Waals surface area contributed by atoms with Gasteiger partial charge in [0, 0.05) is 6.42 Å². The van der Waals surface area contributed by atoms with E-state index in [0.29, 0.717) is 24.1 Å². The van der Waals surface area contributed by atoms with Crippen molar-refractivity contribution in [2.75, 3.05) is 6.26 Å². The fourth-order valence-corrected chi connectivity index (χ4v) is 1.17. The van der Waals surface area contributed by atoms with Crippen LogP contribution in [0.5, 0.6) is 0 Å². The van der Waals surface area contributed by atoms with E-state index in [-0.39, 0.29) is 6.42 Å². The lowest BCUT2D eigenvalue weighted by molar-refractivity contribution is 0.0917. The number of alkyl halides is 2. The second-order valence-corrected chi connectivity index (χ2v) is 4.13. The summed E-state index contributed by atoms with van der Waals surface area (Å²) in [5.74, 6) is 0.535. The van der Waals surface area contributed by atoms with Gasteiger partial charge in [0.1, 0.15) is 0 Å². The summed E-state index contributed by atoms with van der Waals surface area (Å²) in [5, 5.41) is -2.51. The van der Waals surface area contributed by atoms with E-state index >= 15 is 0 Å². The smallest absolute Gasteiger partial charge is 0.194 e. The molecule has 0 spiro atoms. The van der Waals surface area contributed by atoms with Crippen LogP contribution in [0.1, 0.15) is 33.1 Å². The summed E-state index contributed by atoms with van der Waals surface area (Å²) in [4.78, 5) is 0. The molecular weight excluding hydrogens is 166 g/mol. The van der Waals surface area contributed by atoms with E-state index in [4.69, 9.17) is 0 Å². The van der Waals surface area contributed by atoms with Crippen LogP contribution in [0.3, 0.4) is 0 Å². The maximum Gasteiger partial charge on any atom is 0.293 e. The van der Waals surface area contributed by atoms with Crippen molar-refractivity contribution in [2.45, 2.75) is 38.4 Å². The molecule has 0 nitrogen and oxygen atoms in total. The van der Waals surface area contributed by atoms with Gasteiger partial charge in [-0.1, -0.05) is 32.0 Å². The molecule has 0 bridgehead atoms. The minimum Gasteiger partial charge on any atom is -0.194 e. The van der Waals surface area contributed by atoms with Gasteiger partial charge in [0.15, 0.2) is 0 Å². The quantitative estimate of drug-likeness (QED) is 0.623. The molecule has 0 heterocycles. The first-order chi connectivity index (χ1) is 4.98. The van der Waals surface area contributed by atoms with E-state index in [0.717, 1.165) is 6.42 Å². The van der Waals surface area contributed by atoms with Gasteiger partial charge in [-0.2, -0.15) is 8.78 Å². The highest BCUT2D eigenvalue weighted by Crippen LogP contribution is 2.32. The number of hydrogen-bond acceptors (Lipinski definition) is 1. The molecule has 0 saturated heterocycles. The van der Waals surface area contributed by atoms with E-state index in [1.54, 1.807) is 0 Å². The fraction of sp³-hybridized carbons (Fsp3) is 1.00. The van der Waals surface area contributed by atoms with Gasteiger partial charge < -0.3 is 0 Å². The van der Waals surface area contributed by atoms with Crippen molar-refractivity contribution in [3.05, 3.63) is 0 Å². The molecule has 0 unspecified atom stereocenters. The Hall–Kier alpha value is 0.210. The summed E-state index contributed by atoms with van der Waals surface area (Å²) < 4.78 is 25.1. The van der Waals surface area contributed by atoms with E-state index in [1.807, 2.05) is 0 Å². The van der Waals surface area contributed by atoms with E-state index in [1.165, 1.54) is 6.26 Å². The van der Waals surface area contributed by atoms with Crippen molar-refractivity contribution in [2.24, 2.45) is 5.92 Å². The van der Waals surface area contributed by atoms with E-state index in [2.05, 4.69) is 13.8 Å². The molecule has 11 heavy (non-hydrogen) atoms. The van der Waals surface area contributed by atoms with Gasteiger partial charge in [0.25, 0.3) is 5.25 Å². The highest BCUT2D eigenvalue weighted by molar-refractivity contribution is 7.99. The molecule has 0 fully saturated rings. The molecule has 0 aromatic heterocycles. The molecular formula is C8H16F2S. The summed E-state index contributed by atoms with van der Waals surface area (Å²) in [6.45, 7) is 4.11. The second-order valence-electron chi connectivity index (χ2n) is 3.13. The van der Waals surface area contributed by atoms with Gasteiger partial charge in [0.2, 0.25) is 0 Å². The van der Waals surface area contributed by atoms with Crippen molar-refractivity contribution in [3.8, 4) is 0 Å². The Morgan fingerprint density at radius 1 is 1.36 bits per heavy atom. The third kappa shape index (κ3) is 6.60. The van der Waals surface area contributed by atoms with E-state index < -0.39 is 5.25 Å². The average molecular weight is 182 g/mol. The summed E-state index contributed by atoms with van der Waals surface area (Å²) >= 11 is 0.645. The zero-order chi connectivity index (χ0) is 8.91. The van der Waals surface area contributed by atoms with Crippen LogP contribution in [0.2, 0.25) is 0 Å². The van der Waals surface area contributed by atoms with Crippen LogP contribution in [0.15, 0.2) is 0 Å². The lowest BCUT2D eigenvalue weighted by Gasteiger charge is -2.13. The summed E-state index contributed by atoms with van der Waals surface area (Å²) in [6, 6.07) is 0. The van der Waals surface area contributed by atoms with Gasteiger partial charge in [-0.25, -0.2) is 0 Å². The Morgan fingerprint density at radius 3 is 2.27 bits per heavy atom. The van der Waals surface area contributed by atoms with E-state index in [9.17, 15) is 8.78 Å². The summed E-state index contributed by atoms with van der Waals surface area (Å²) in [7, 11) is 0. The van der Waals surface area contributed by atoms with Crippen molar-refractivity contribution in [3.63, 3.8) is 0 Å². The first-order valence-electron chi connectivity index (χ1n) is 3.91. The third-order valence-corrected chi connectivity index (χ3v) is 2.35. The van der Waals surface area contributed by atoms with Gasteiger partial charge in [-0.3, -0.25) is 0 Å². The SMILES string of the molecule is CSC(F)(F)CCCC(C)C. The Morgan fingerprint density at radius 2 is 1.91 bits per heavy atom. The molecule has 0 atom stereocenters. The van der Waals surface area contributed by atoms with Crippen molar-refractivity contribution in [1.29, 1.82) is 0 Å². The van der Waals surface area contributed by atoms with Crippen LogP contribution in [0.4, 0.5) is 8.78 Å². The summed E-state index contributed by atoms with van der Waals surface area (Å²) in [6.07, 6.45) is 3.00. The summed E-state index contributed by atoms with van der Waals surface area (Å²) in [5.41, 5.74) is 0. The monoisotopic (exact) mass is 182 g/mol. The fourth-order valence-electron chi connectivity index (χ4n) is 0.818. The van der Waals surface area contributed by atoms with Crippen LogP contribution in [0, 0.1) is 5.92 Å². The maximum absolute atomic E-state index is 12.6. The van der Waals surface area contributed by atoms with Gasteiger partial charge in [-0.15, -0.1) is 0 Å². The maximum atomic E-state index is 12.6. The molecule has 0 aliphatic carbocycles. The Labute approximate surface area is 71.7 Å². The van der Waals surface area contributed by atoms with Gasteiger partial charge >= 0.3 is 0 Å². The zero-order valence-electron chi connectivity index (χ0n) is 7.36. The standard InChI is InChI=1S/C8H16F2S/c1-7(2)5-4-6-8(9,10)11-3/h7H,4-6H2,1-3H3. The second kappa shape index (κ2) is 4.96. The highest BCUT2D eigenvalue weighted by Gasteiger charge is 2.25. The van der Waals surface area contributed by atoms with Crippen molar-refractivity contribution in [1.82, 2.24) is 0 Å². The molecule has 0 aliphatic rings.